The topological polar surface area (TPSA) is 61.4 Å². The van der Waals surface area contributed by atoms with Crippen molar-refractivity contribution in [3.63, 3.8) is 0 Å². The van der Waals surface area contributed by atoms with E-state index in [0.29, 0.717) is 0 Å². The molecule has 0 radical (unpaired) electrons. The number of carbonyl (C=O) groups is 2. The van der Waals surface area contributed by atoms with Gasteiger partial charge in [0.15, 0.2) is 0 Å². The van der Waals surface area contributed by atoms with E-state index in [-0.39, 0.29) is 24.2 Å². The highest BCUT2D eigenvalue weighted by Crippen LogP contribution is 2.22. The molecule has 5 heteroatoms. The maximum Gasteiger partial charge on any atom is 0.247 e. The Hall–Kier alpha value is -2.82. The van der Waals surface area contributed by atoms with E-state index in [4.69, 9.17) is 0 Å². The first-order chi connectivity index (χ1) is 13.5. The van der Waals surface area contributed by atoms with Crippen LogP contribution in [0.2, 0.25) is 0 Å². The van der Waals surface area contributed by atoms with Crippen LogP contribution in [0.15, 0.2) is 54.6 Å². The second-order valence-corrected chi connectivity index (χ2v) is 7.68. The molecule has 5 nitrogen and oxygen atoms in total. The Morgan fingerprint density at radius 3 is 2.21 bits per heavy atom. The van der Waals surface area contributed by atoms with Crippen LogP contribution >= 0.6 is 0 Å². The van der Waals surface area contributed by atoms with Gasteiger partial charge in [-0.1, -0.05) is 44.2 Å². The fourth-order valence-corrected chi connectivity index (χ4v) is 3.49. The normalized spacial score (nSPS) is 14.8. The molecule has 1 aliphatic rings. The average Bonchev–Trinajstić information content (AvgIpc) is 3.22. The van der Waals surface area contributed by atoms with E-state index in [1.165, 1.54) is 18.5 Å². The second kappa shape index (κ2) is 9.40. The van der Waals surface area contributed by atoms with Gasteiger partial charge in [0.1, 0.15) is 6.04 Å². The predicted octanol–water partition coefficient (Wildman–Crippen LogP) is 3.61. The van der Waals surface area contributed by atoms with Gasteiger partial charge in [0, 0.05) is 24.5 Å². The van der Waals surface area contributed by atoms with Crippen molar-refractivity contribution in [2.75, 3.05) is 23.3 Å². The number of anilines is 2. The van der Waals surface area contributed by atoms with Crippen molar-refractivity contribution in [1.82, 2.24) is 5.32 Å². The number of amides is 2. The van der Waals surface area contributed by atoms with E-state index < -0.39 is 6.04 Å². The zero-order valence-electron chi connectivity index (χ0n) is 16.7. The first kappa shape index (κ1) is 19.9. The minimum Gasteiger partial charge on any atom is -0.372 e. The number of benzene rings is 2. The van der Waals surface area contributed by atoms with Gasteiger partial charge in [-0.05, 0) is 48.6 Å². The molecule has 1 fully saturated rings. The van der Waals surface area contributed by atoms with Crippen LogP contribution in [-0.2, 0) is 16.0 Å². The Balaban J connectivity index is 1.58. The summed E-state index contributed by atoms with van der Waals surface area (Å²) in [6.45, 7) is 6.05. The van der Waals surface area contributed by atoms with E-state index in [9.17, 15) is 9.59 Å². The lowest BCUT2D eigenvalue weighted by Gasteiger charge is -2.22. The van der Waals surface area contributed by atoms with Crippen LogP contribution in [0.5, 0.6) is 0 Å². The third-order valence-corrected chi connectivity index (χ3v) is 5.08. The number of hydrogen-bond donors (Lipinski definition) is 2. The van der Waals surface area contributed by atoms with Crippen molar-refractivity contribution in [1.29, 1.82) is 0 Å². The van der Waals surface area contributed by atoms with Crippen molar-refractivity contribution < 1.29 is 9.59 Å². The van der Waals surface area contributed by atoms with Gasteiger partial charge >= 0.3 is 0 Å². The molecule has 1 saturated heterocycles. The van der Waals surface area contributed by atoms with Crippen LogP contribution in [0, 0.1) is 5.92 Å². The lowest BCUT2D eigenvalue weighted by atomic mass is 10.0. The number of carbonyl (C=O) groups excluding carboxylic acids is 2. The maximum absolute atomic E-state index is 12.7. The molecular weight excluding hydrogens is 350 g/mol. The number of nitrogens with zero attached hydrogens (tertiary/aromatic N) is 1. The van der Waals surface area contributed by atoms with Crippen LogP contribution in [0.3, 0.4) is 0 Å². The number of rotatable bonds is 7. The van der Waals surface area contributed by atoms with Gasteiger partial charge in [-0.3, -0.25) is 9.59 Å². The highest BCUT2D eigenvalue weighted by molar-refractivity contribution is 5.97. The first-order valence-electron chi connectivity index (χ1n) is 10.0. The Labute approximate surface area is 167 Å². The summed E-state index contributed by atoms with van der Waals surface area (Å²) in [5.41, 5.74) is 2.86. The summed E-state index contributed by atoms with van der Waals surface area (Å²) >= 11 is 0. The summed E-state index contributed by atoms with van der Waals surface area (Å²) in [4.78, 5) is 27.5. The molecule has 148 valence electrons. The van der Waals surface area contributed by atoms with E-state index in [0.717, 1.165) is 24.3 Å². The molecule has 0 aromatic heterocycles. The Kier molecular flexibility index (Phi) is 6.69. The lowest BCUT2D eigenvalue weighted by molar-refractivity contribution is -0.127. The standard InChI is InChI=1S/C23H29N3O2/c1-17(2)22(25-21(27)16-18-8-4-3-5-9-18)23(28)24-19-10-12-20(13-11-19)26-14-6-7-15-26/h3-5,8-13,17,22H,6-7,14-16H2,1-2H3,(H,24,28)(H,25,27)/t22-/m0/s1. The quantitative estimate of drug-likeness (QED) is 0.773. The van der Waals surface area contributed by atoms with Gasteiger partial charge in [-0.15, -0.1) is 0 Å². The van der Waals surface area contributed by atoms with Crippen LogP contribution in [0.4, 0.5) is 11.4 Å². The molecule has 2 aromatic carbocycles. The van der Waals surface area contributed by atoms with Crippen molar-refractivity contribution >= 4 is 23.2 Å². The second-order valence-electron chi connectivity index (χ2n) is 7.68. The summed E-state index contributed by atoms with van der Waals surface area (Å²) in [6.07, 6.45) is 2.73. The molecule has 28 heavy (non-hydrogen) atoms. The van der Waals surface area contributed by atoms with Crippen molar-refractivity contribution in [3.05, 3.63) is 60.2 Å². The SMILES string of the molecule is CC(C)[C@H](NC(=O)Cc1ccccc1)C(=O)Nc1ccc(N2CCCC2)cc1. The van der Waals surface area contributed by atoms with Crippen molar-refractivity contribution in [2.45, 2.75) is 39.2 Å². The van der Waals surface area contributed by atoms with Crippen molar-refractivity contribution in [2.24, 2.45) is 5.92 Å². The zero-order valence-corrected chi connectivity index (χ0v) is 16.7. The predicted molar refractivity (Wildman–Crippen MR) is 113 cm³/mol. The summed E-state index contributed by atoms with van der Waals surface area (Å²) in [7, 11) is 0. The van der Waals surface area contributed by atoms with Gasteiger partial charge < -0.3 is 15.5 Å². The Bertz CT molecular complexity index is 781. The summed E-state index contributed by atoms with van der Waals surface area (Å²) in [5.74, 6) is -0.349. The van der Waals surface area contributed by atoms with Gasteiger partial charge in [0.05, 0.1) is 6.42 Å². The molecule has 0 saturated carbocycles. The van der Waals surface area contributed by atoms with Crippen LogP contribution < -0.4 is 15.5 Å². The van der Waals surface area contributed by atoms with Gasteiger partial charge in [0.25, 0.3) is 0 Å². The summed E-state index contributed by atoms with van der Waals surface area (Å²) in [5, 5.41) is 5.82. The minimum absolute atomic E-state index is 0.0106. The van der Waals surface area contributed by atoms with E-state index in [2.05, 4.69) is 15.5 Å². The largest absolute Gasteiger partial charge is 0.372 e. The van der Waals surface area contributed by atoms with Crippen LogP contribution in [0.1, 0.15) is 32.3 Å². The molecule has 1 atom stereocenters. The first-order valence-corrected chi connectivity index (χ1v) is 10.0. The van der Waals surface area contributed by atoms with Crippen molar-refractivity contribution in [3.8, 4) is 0 Å². The molecule has 0 spiro atoms. The van der Waals surface area contributed by atoms with E-state index in [1.54, 1.807) is 0 Å². The van der Waals surface area contributed by atoms with Gasteiger partial charge in [-0.2, -0.15) is 0 Å². The molecule has 2 amide bonds. The van der Waals surface area contributed by atoms with Crippen LogP contribution in [-0.4, -0.2) is 30.9 Å². The lowest BCUT2D eigenvalue weighted by Crippen LogP contribution is -2.47. The minimum atomic E-state index is -0.575. The molecule has 3 rings (SSSR count). The smallest absolute Gasteiger partial charge is 0.247 e. The molecule has 1 aliphatic heterocycles. The molecule has 0 aliphatic carbocycles. The fourth-order valence-electron chi connectivity index (χ4n) is 3.49. The summed E-state index contributed by atoms with van der Waals surface area (Å²) in [6, 6.07) is 16.9. The third-order valence-electron chi connectivity index (χ3n) is 5.08. The number of hydrogen-bond acceptors (Lipinski definition) is 3. The monoisotopic (exact) mass is 379 g/mol. The highest BCUT2D eigenvalue weighted by atomic mass is 16.2. The molecule has 2 N–H and O–H groups in total. The number of nitrogens with one attached hydrogen (secondary N) is 2. The fraction of sp³-hybridized carbons (Fsp3) is 0.391. The molecular formula is C23H29N3O2. The molecule has 1 heterocycles. The maximum atomic E-state index is 12.7. The Morgan fingerprint density at radius 1 is 0.964 bits per heavy atom. The Morgan fingerprint density at radius 2 is 1.61 bits per heavy atom. The average molecular weight is 380 g/mol. The van der Waals surface area contributed by atoms with Gasteiger partial charge in [0.2, 0.25) is 11.8 Å². The summed E-state index contributed by atoms with van der Waals surface area (Å²) < 4.78 is 0. The highest BCUT2D eigenvalue weighted by Gasteiger charge is 2.24. The molecule has 0 unspecified atom stereocenters. The van der Waals surface area contributed by atoms with Crippen LogP contribution in [0.25, 0.3) is 0 Å². The van der Waals surface area contributed by atoms with E-state index in [1.807, 2.05) is 68.4 Å². The zero-order chi connectivity index (χ0) is 19.9. The molecule has 2 aromatic rings. The third kappa shape index (κ3) is 5.35. The van der Waals surface area contributed by atoms with E-state index >= 15 is 0 Å². The molecule has 0 bridgehead atoms. The van der Waals surface area contributed by atoms with Gasteiger partial charge in [-0.25, -0.2) is 0 Å².